The van der Waals surface area contributed by atoms with Crippen LogP contribution in [0.25, 0.3) is 0 Å². The predicted octanol–water partition coefficient (Wildman–Crippen LogP) is -0.911. The van der Waals surface area contributed by atoms with Gasteiger partial charge in [0.15, 0.2) is 0 Å². The standard InChI is InChI=1S/2C3H4O4.Ru/c2*4-2(5)1-3(6)7;/h2*1H2,(H,4,5)(H,6,7);. The molecule has 9 heteroatoms. The SMILES string of the molecule is O=C(O)CC(=O)O.O=C(O)CC(=O)O.[Ru]. The quantitative estimate of drug-likeness (QED) is 0.385. The molecule has 0 radical (unpaired) electrons. The molecule has 0 saturated carbocycles. The summed E-state index contributed by atoms with van der Waals surface area (Å²) in [4.78, 5) is 37.7. The molecular formula is C6H8O8Ru. The van der Waals surface area contributed by atoms with Crippen LogP contribution in [0.4, 0.5) is 0 Å². The summed E-state index contributed by atoms with van der Waals surface area (Å²) in [6, 6.07) is 0. The van der Waals surface area contributed by atoms with Gasteiger partial charge in [0.25, 0.3) is 0 Å². The second-order valence-electron chi connectivity index (χ2n) is 1.93. The Balaban J connectivity index is -0.000000180. The van der Waals surface area contributed by atoms with Gasteiger partial charge in [-0.3, -0.25) is 19.2 Å². The van der Waals surface area contributed by atoms with Crippen molar-refractivity contribution >= 4 is 23.9 Å². The molecule has 0 bridgehead atoms. The van der Waals surface area contributed by atoms with Gasteiger partial charge in [-0.1, -0.05) is 0 Å². The Morgan fingerprint density at radius 2 is 0.733 bits per heavy atom. The van der Waals surface area contributed by atoms with E-state index < -0.39 is 36.7 Å². The largest absolute Gasteiger partial charge is 0.481 e. The maximum absolute atomic E-state index is 9.43. The van der Waals surface area contributed by atoms with E-state index in [9.17, 15) is 19.2 Å². The Morgan fingerprint density at radius 1 is 0.600 bits per heavy atom. The first kappa shape index (κ1) is 19.1. The minimum atomic E-state index is -1.31. The third-order valence-electron chi connectivity index (χ3n) is 0.605. The number of hydrogen-bond acceptors (Lipinski definition) is 4. The monoisotopic (exact) mass is 310 g/mol. The molecule has 0 unspecified atom stereocenters. The van der Waals surface area contributed by atoms with Crippen molar-refractivity contribution in [2.24, 2.45) is 0 Å². The number of hydrogen-bond donors (Lipinski definition) is 4. The summed E-state index contributed by atoms with van der Waals surface area (Å²) < 4.78 is 0. The second kappa shape index (κ2) is 10.6. The molecule has 0 fully saturated rings. The zero-order valence-electron chi connectivity index (χ0n) is 7.19. The molecule has 0 saturated heterocycles. The van der Waals surface area contributed by atoms with Crippen LogP contribution in [-0.2, 0) is 38.7 Å². The Kier molecular flexibility index (Phi) is 13.5. The van der Waals surface area contributed by atoms with Crippen molar-refractivity contribution in [2.45, 2.75) is 12.8 Å². The maximum Gasteiger partial charge on any atom is 0.314 e. The van der Waals surface area contributed by atoms with Crippen molar-refractivity contribution in [3.63, 3.8) is 0 Å². The van der Waals surface area contributed by atoms with Gasteiger partial charge in [0.2, 0.25) is 0 Å². The van der Waals surface area contributed by atoms with Crippen molar-refractivity contribution in [3.8, 4) is 0 Å². The van der Waals surface area contributed by atoms with E-state index in [4.69, 9.17) is 20.4 Å². The summed E-state index contributed by atoms with van der Waals surface area (Å²) in [7, 11) is 0. The first-order chi connectivity index (χ1) is 6.25. The molecule has 15 heavy (non-hydrogen) atoms. The fourth-order valence-corrected chi connectivity index (χ4v) is 0.259. The Labute approximate surface area is 96.3 Å². The maximum atomic E-state index is 9.43. The van der Waals surface area contributed by atoms with Gasteiger partial charge >= 0.3 is 23.9 Å². The van der Waals surface area contributed by atoms with Crippen LogP contribution in [0.1, 0.15) is 12.8 Å². The summed E-state index contributed by atoms with van der Waals surface area (Å²) in [5.41, 5.74) is 0. The third-order valence-corrected chi connectivity index (χ3v) is 0.605. The van der Waals surface area contributed by atoms with Gasteiger partial charge in [-0.2, -0.15) is 0 Å². The van der Waals surface area contributed by atoms with Crippen LogP contribution in [0.5, 0.6) is 0 Å². The zero-order valence-corrected chi connectivity index (χ0v) is 8.93. The van der Waals surface area contributed by atoms with Gasteiger partial charge in [-0.15, -0.1) is 0 Å². The molecule has 0 heterocycles. The minimum absolute atomic E-state index is 0. The molecule has 0 aliphatic carbocycles. The molecule has 0 aromatic heterocycles. The number of carboxylic acid groups (broad SMARTS) is 4. The number of carboxylic acids is 4. The van der Waals surface area contributed by atoms with Crippen molar-refractivity contribution in [1.29, 1.82) is 0 Å². The molecule has 0 spiro atoms. The van der Waals surface area contributed by atoms with Crippen molar-refractivity contribution in [2.75, 3.05) is 0 Å². The molecule has 0 aliphatic rings. The van der Waals surface area contributed by atoms with Crippen molar-refractivity contribution in [1.82, 2.24) is 0 Å². The van der Waals surface area contributed by atoms with Crippen LogP contribution < -0.4 is 0 Å². The molecule has 0 amide bonds. The molecule has 88 valence electrons. The van der Waals surface area contributed by atoms with Gasteiger partial charge in [0.05, 0.1) is 0 Å². The van der Waals surface area contributed by atoms with Crippen LogP contribution in [0.2, 0.25) is 0 Å². The summed E-state index contributed by atoms with van der Waals surface area (Å²) in [5.74, 6) is -5.25. The molecule has 0 rings (SSSR count). The van der Waals surface area contributed by atoms with Crippen LogP contribution in [0.3, 0.4) is 0 Å². The van der Waals surface area contributed by atoms with E-state index >= 15 is 0 Å². The van der Waals surface area contributed by atoms with Crippen LogP contribution >= 0.6 is 0 Å². The fraction of sp³-hybridized carbons (Fsp3) is 0.333. The predicted molar refractivity (Wildman–Crippen MR) is 39.8 cm³/mol. The molecule has 0 atom stereocenters. The Bertz CT molecular complexity index is 198. The van der Waals surface area contributed by atoms with E-state index in [1.807, 2.05) is 0 Å². The zero-order chi connectivity index (χ0) is 11.7. The Hall–Kier alpha value is -1.50. The molecule has 8 nitrogen and oxygen atoms in total. The smallest absolute Gasteiger partial charge is 0.314 e. The molecular weight excluding hydrogens is 301 g/mol. The van der Waals surface area contributed by atoms with Crippen molar-refractivity contribution in [3.05, 3.63) is 0 Å². The molecule has 0 aromatic rings. The van der Waals surface area contributed by atoms with Crippen LogP contribution in [0, 0.1) is 0 Å². The van der Waals surface area contributed by atoms with E-state index in [1.165, 1.54) is 0 Å². The first-order valence-corrected chi connectivity index (χ1v) is 3.13. The number of aliphatic carboxylic acids is 4. The molecule has 4 N–H and O–H groups in total. The first-order valence-electron chi connectivity index (χ1n) is 3.13. The van der Waals surface area contributed by atoms with Gasteiger partial charge in [0, 0.05) is 19.5 Å². The molecule has 0 aromatic carbocycles. The summed E-state index contributed by atoms with van der Waals surface area (Å²) in [5, 5.41) is 30.8. The van der Waals surface area contributed by atoms with Crippen LogP contribution in [-0.4, -0.2) is 44.3 Å². The van der Waals surface area contributed by atoms with E-state index in [2.05, 4.69) is 0 Å². The van der Waals surface area contributed by atoms with E-state index in [-0.39, 0.29) is 19.5 Å². The minimum Gasteiger partial charge on any atom is -0.481 e. The van der Waals surface area contributed by atoms with Gasteiger partial charge in [-0.05, 0) is 0 Å². The number of rotatable bonds is 4. The number of carbonyl (C=O) groups is 4. The van der Waals surface area contributed by atoms with Crippen LogP contribution in [0.15, 0.2) is 0 Å². The van der Waals surface area contributed by atoms with Crippen molar-refractivity contribution < 1.29 is 59.1 Å². The Morgan fingerprint density at radius 3 is 0.733 bits per heavy atom. The van der Waals surface area contributed by atoms with Gasteiger partial charge in [0.1, 0.15) is 12.8 Å². The van der Waals surface area contributed by atoms with E-state index in [1.54, 1.807) is 0 Å². The third kappa shape index (κ3) is 32.6. The summed E-state index contributed by atoms with van der Waals surface area (Å²) in [6.45, 7) is 0. The average molecular weight is 309 g/mol. The fourth-order valence-electron chi connectivity index (χ4n) is 0.259. The van der Waals surface area contributed by atoms with E-state index in [0.717, 1.165) is 0 Å². The molecule has 0 aliphatic heterocycles. The summed E-state index contributed by atoms with van der Waals surface area (Å²) in [6.07, 6.45) is -1.61. The second-order valence-corrected chi connectivity index (χ2v) is 1.93. The topological polar surface area (TPSA) is 149 Å². The van der Waals surface area contributed by atoms with Gasteiger partial charge in [-0.25, -0.2) is 0 Å². The van der Waals surface area contributed by atoms with E-state index in [0.29, 0.717) is 0 Å². The van der Waals surface area contributed by atoms with Gasteiger partial charge < -0.3 is 20.4 Å². The normalized spacial score (nSPS) is 7.47. The average Bonchev–Trinajstić information content (AvgIpc) is 1.79. The summed E-state index contributed by atoms with van der Waals surface area (Å²) >= 11 is 0.